The number of carboxylic acid groups (broad SMARTS) is 1. The van der Waals surface area contributed by atoms with E-state index in [0.717, 1.165) is 0 Å². The molecule has 0 saturated carbocycles. The fraction of sp³-hybridized carbons (Fsp3) is 0.364. The van der Waals surface area contributed by atoms with Crippen LogP contribution in [0.1, 0.15) is 13.8 Å². The molecular formula is C11H14BrNO4S. The molecule has 7 heteroatoms. The highest BCUT2D eigenvalue weighted by Gasteiger charge is 2.27. The Morgan fingerprint density at radius 2 is 2.00 bits per heavy atom. The van der Waals surface area contributed by atoms with E-state index in [1.807, 2.05) is 0 Å². The lowest BCUT2D eigenvalue weighted by molar-refractivity contribution is -0.140. The van der Waals surface area contributed by atoms with E-state index in [-0.39, 0.29) is 10.8 Å². The maximum Gasteiger partial charge on any atom is 0.322 e. The summed E-state index contributed by atoms with van der Waals surface area (Å²) in [6.45, 7) is 3.28. The molecule has 0 heterocycles. The van der Waals surface area contributed by atoms with Crippen LogP contribution in [0.25, 0.3) is 0 Å². The quantitative estimate of drug-likeness (QED) is 0.859. The summed E-state index contributed by atoms with van der Waals surface area (Å²) < 4.78 is 26.8. The van der Waals surface area contributed by atoms with Gasteiger partial charge in [-0.15, -0.1) is 0 Å². The van der Waals surface area contributed by atoms with Crippen LogP contribution < -0.4 is 4.72 Å². The maximum atomic E-state index is 12.0. The van der Waals surface area contributed by atoms with E-state index in [4.69, 9.17) is 5.11 Å². The number of halogens is 1. The van der Waals surface area contributed by atoms with Crippen LogP contribution in [0.3, 0.4) is 0 Å². The van der Waals surface area contributed by atoms with Crippen molar-refractivity contribution >= 4 is 31.9 Å². The van der Waals surface area contributed by atoms with Crippen molar-refractivity contribution in [3.05, 3.63) is 28.7 Å². The standard InChI is InChI=1S/C11H14BrNO4S/c1-7(2)10(11(14)15)13-18(16,17)9-5-3-4-8(12)6-9/h3-7,10,13H,1-2H3,(H,14,15)/t10-/m1/s1. The van der Waals surface area contributed by atoms with Gasteiger partial charge in [0.15, 0.2) is 0 Å². The molecule has 0 aliphatic carbocycles. The summed E-state index contributed by atoms with van der Waals surface area (Å²) >= 11 is 3.17. The topological polar surface area (TPSA) is 83.5 Å². The number of aliphatic carboxylic acids is 1. The maximum absolute atomic E-state index is 12.0. The number of hydrogen-bond acceptors (Lipinski definition) is 3. The highest BCUT2D eigenvalue weighted by molar-refractivity contribution is 9.10. The fourth-order valence-electron chi connectivity index (χ4n) is 1.34. The van der Waals surface area contributed by atoms with Crippen molar-refractivity contribution in [1.29, 1.82) is 0 Å². The summed E-state index contributed by atoms with van der Waals surface area (Å²) in [5.41, 5.74) is 0. The molecule has 0 aliphatic heterocycles. The van der Waals surface area contributed by atoms with Crippen LogP contribution in [0, 0.1) is 5.92 Å². The molecule has 1 aromatic rings. The first kappa shape index (κ1) is 15.1. The molecule has 0 unspecified atom stereocenters. The lowest BCUT2D eigenvalue weighted by atomic mass is 10.1. The molecule has 1 atom stereocenters. The third-order valence-electron chi connectivity index (χ3n) is 2.32. The zero-order chi connectivity index (χ0) is 13.9. The molecule has 0 bridgehead atoms. The van der Waals surface area contributed by atoms with Crippen LogP contribution in [0.15, 0.2) is 33.6 Å². The second-order valence-electron chi connectivity index (χ2n) is 4.14. The Morgan fingerprint density at radius 3 is 2.44 bits per heavy atom. The Kier molecular flexibility index (Phi) is 4.89. The average Bonchev–Trinajstić information content (AvgIpc) is 2.25. The van der Waals surface area contributed by atoms with E-state index in [1.54, 1.807) is 26.0 Å². The van der Waals surface area contributed by atoms with Gasteiger partial charge < -0.3 is 5.11 Å². The molecule has 1 rings (SSSR count). The Balaban J connectivity index is 3.05. The Morgan fingerprint density at radius 1 is 1.39 bits per heavy atom. The van der Waals surface area contributed by atoms with Gasteiger partial charge in [-0.05, 0) is 24.1 Å². The molecule has 5 nitrogen and oxygen atoms in total. The van der Waals surface area contributed by atoms with Crippen LogP contribution in [-0.2, 0) is 14.8 Å². The molecule has 0 spiro atoms. The number of carboxylic acids is 1. The van der Waals surface area contributed by atoms with E-state index >= 15 is 0 Å². The van der Waals surface area contributed by atoms with Gasteiger partial charge in [0.25, 0.3) is 0 Å². The number of nitrogens with one attached hydrogen (secondary N) is 1. The van der Waals surface area contributed by atoms with Gasteiger partial charge >= 0.3 is 5.97 Å². The molecule has 1 aromatic carbocycles. The van der Waals surface area contributed by atoms with Crippen LogP contribution in [0.4, 0.5) is 0 Å². The van der Waals surface area contributed by atoms with E-state index in [9.17, 15) is 13.2 Å². The van der Waals surface area contributed by atoms with Crippen LogP contribution in [0.5, 0.6) is 0 Å². The van der Waals surface area contributed by atoms with Crippen LogP contribution in [0.2, 0.25) is 0 Å². The number of sulfonamides is 1. The minimum absolute atomic E-state index is 0.0313. The first-order valence-electron chi connectivity index (χ1n) is 5.25. The van der Waals surface area contributed by atoms with Gasteiger partial charge in [0.1, 0.15) is 6.04 Å². The summed E-state index contributed by atoms with van der Waals surface area (Å²) in [7, 11) is -3.83. The van der Waals surface area contributed by atoms with Crippen molar-refractivity contribution in [3.8, 4) is 0 Å². The van der Waals surface area contributed by atoms with Gasteiger partial charge in [-0.2, -0.15) is 4.72 Å². The molecule has 0 aromatic heterocycles. The SMILES string of the molecule is CC(C)[C@@H](NS(=O)(=O)c1cccc(Br)c1)C(=O)O. The second-order valence-corrected chi connectivity index (χ2v) is 6.77. The molecule has 0 aliphatic rings. The lowest BCUT2D eigenvalue weighted by Crippen LogP contribution is -2.44. The monoisotopic (exact) mass is 335 g/mol. The summed E-state index contributed by atoms with van der Waals surface area (Å²) in [6, 6.07) is 4.95. The third kappa shape index (κ3) is 3.79. The van der Waals surface area contributed by atoms with Crippen molar-refractivity contribution in [2.24, 2.45) is 5.92 Å². The minimum Gasteiger partial charge on any atom is -0.480 e. The molecule has 0 radical (unpaired) electrons. The number of carbonyl (C=O) groups is 1. The zero-order valence-electron chi connectivity index (χ0n) is 9.92. The minimum atomic E-state index is -3.83. The predicted octanol–water partition coefficient (Wildman–Crippen LogP) is 1.84. The fourth-order valence-corrected chi connectivity index (χ4v) is 3.27. The molecule has 100 valence electrons. The van der Waals surface area contributed by atoms with E-state index < -0.39 is 22.0 Å². The van der Waals surface area contributed by atoms with Crippen molar-refractivity contribution in [2.75, 3.05) is 0 Å². The van der Waals surface area contributed by atoms with Crippen molar-refractivity contribution in [1.82, 2.24) is 4.72 Å². The second kappa shape index (κ2) is 5.81. The number of rotatable bonds is 5. The first-order chi connectivity index (χ1) is 8.24. The van der Waals surface area contributed by atoms with Crippen molar-refractivity contribution < 1.29 is 18.3 Å². The van der Waals surface area contributed by atoms with Crippen molar-refractivity contribution in [2.45, 2.75) is 24.8 Å². The van der Waals surface area contributed by atoms with Crippen molar-refractivity contribution in [3.63, 3.8) is 0 Å². The van der Waals surface area contributed by atoms with Gasteiger partial charge in [0.05, 0.1) is 4.90 Å². The molecule has 18 heavy (non-hydrogen) atoms. The summed E-state index contributed by atoms with van der Waals surface area (Å²) in [4.78, 5) is 11.0. The largest absolute Gasteiger partial charge is 0.480 e. The summed E-state index contributed by atoms with van der Waals surface area (Å²) in [6.07, 6.45) is 0. The average molecular weight is 336 g/mol. The van der Waals surface area contributed by atoms with E-state index in [2.05, 4.69) is 20.7 Å². The Hall–Kier alpha value is -0.920. The highest BCUT2D eigenvalue weighted by atomic mass is 79.9. The summed E-state index contributed by atoms with van der Waals surface area (Å²) in [5.74, 6) is -1.53. The molecule has 0 saturated heterocycles. The smallest absolute Gasteiger partial charge is 0.322 e. The zero-order valence-corrected chi connectivity index (χ0v) is 12.3. The predicted molar refractivity (Wildman–Crippen MR) is 70.7 cm³/mol. The Labute approximate surface area is 114 Å². The molecule has 0 fully saturated rings. The van der Waals surface area contributed by atoms with E-state index in [1.165, 1.54) is 12.1 Å². The molecule has 2 N–H and O–H groups in total. The molecule has 0 amide bonds. The number of hydrogen-bond donors (Lipinski definition) is 2. The lowest BCUT2D eigenvalue weighted by Gasteiger charge is -2.18. The van der Waals surface area contributed by atoms with Gasteiger partial charge in [-0.1, -0.05) is 35.8 Å². The van der Waals surface area contributed by atoms with Gasteiger partial charge in [-0.25, -0.2) is 8.42 Å². The van der Waals surface area contributed by atoms with Gasteiger partial charge in [0, 0.05) is 4.47 Å². The Bertz CT molecular complexity index is 542. The normalized spacial score (nSPS) is 13.6. The van der Waals surface area contributed by atoms with Gasteiger partial charge in [0.2, 0.25) is 10.0 Å². The highest BCUT2D eigenvalue weighted by Crippen LogP contribution is 2.17. The van der Waals surface area contributed by atoms with E-state index in [0.29, 0.717) is 4.47 Å². The molecular weight excluding hydrogens is 322 g/mol. The first-order valence-corrected chi connectivity index (χ1v) is 7.52. The number of benzene rings is 1. The van der Waals surface area contributed by atoms with Crippen LogP contribution in [-0.4, -0.2) is 25.5 Å². The van der Waals surface area contributed by atoms with Crippen LogP contribution >= 0.6 is 15.9 Å². The summed E-state index contributed by atoms with van der Waals surface area (Å²) in [5, 5.41) is 8.97. The third-order valence-corrected chi connectivity index (χ3v) is 4.25. The van der Waals surface area contributed by atoms with Gasteiger partial charge in [-0.3, -0.25) is 4.79 Å².